The lowest BCUT2D eigenvalue weighted by molar-refractivity contribution is -0.133. The fourth-order valence-electron chi connectivity index (χ4n) is 4.06. The molecule has 0 unspecified atom stereocenters. The first-order valence-electron chi connectivity index (χ1n) is 10.9. The Balaban J connectivity index is 1.66. The number of benzene rings is 2. The molecule has 0 spiro atoms. The van der Waals surface area contributed by atoms with E-state index in [1.165, 1.54) is 30.2 Å². The van der Waals surface area contributed by atoms with Crippen LogP contribution < -0.4 is 14.8 Å². The summed E-state index contributed by atoms with van der Waals surface area (Å²) in [6.07, 6.45) is 0. The Morgan fingerprint density at radius 3 is 2.69 bits per heavy atom. The zero-order chi connectivity index (χ0) is 25.2. The number of para-hydroxylation sites is 1. The number of aromatic carboxylic acids is 1. The van der Waals surface area contributed by atoms with E-state index < -0.39 is 23.3 Å². The van der Waals surface area contributed by atoms with Gasteiger partial charge in [-0.2, -0.15) is 0 Å². The largest absolute Gasteiger partial charge is 0.496 e. The van der Waals surface area contributed by atoms with Gasteiger partial charge in [-0.3, -0.25) is 9.59 Å². The van der Waals surface area contributed by atoms with Crippen molar-refractivity contribution in [3.63, 3.8) is 0 Å². The average molecular weight is 482 g/mol. The molecule has 0 radical (unpaired) electrons. The monoisotopic (exact) mass is 482 g/mol. The summed E-state index contributed by atoms with van der Waals surface area (Å²) in [5.74, 6) is -1.39. The van der Waals surface area contributed by atoms with Crippen LogP contribution in [0.4, 0.5) is 0 Å². The van der Waals surface area contributed by atoms with Gasteiger partial charge in [0.05, 0.1) is 24.7 Å². The van der Waals surface area contributed by atoms with E-state index in [0.717, 1.165) is 5.56 Å². The van der Waals surface area contributed by atoms with E-state index in [4.69, 9.17) is 18.6 Å². The van der Waals surface area contributed by atoms with Crippen molar-refractivity contribution in [3.8, 4) is 11.5 Å². The van der Waals surface area contributed by atoms with Crippen LogP contribution in [0.25, 0.3) is 11.0 Å². The number of carboxylic acids is 1. The molecule has 2 aromatic carbocycles. The molecule has 4 rings (SSSR count). The molecule has 2 N–H and O–H groups in total. The highest BCUT2D eigenvalue weighted by Gasteiger charge is 2.47. The quantitative estimate of drug-likeness (QED) is 0.502. The van der Waals surface area contributed by atoms with E-state index >= 15 is 0 Å². The molecule has 1 aliphatic heterocycles. The third-order valence-electron chi connectivity index (χ3n) is 6.06. The number of rotatable bonds is 8. The van der Waals surface area contributed by atoms with E-state index in [2.05, 4.69) is 5.32 Å². The van der Waals surface area contributed by atoms with Gasteiger partial charge in [0.1, 0.15) is 17.9 Å². The predicted octanol–water partition coefficient (Wildman–Crippen LogP) is 2.70. The summed E-state index contributed by atoms with van der Waals surface area (Å²) in [4.78, 5) is 39.8. The Morgan fingerprint density at radius 1 is 1.20 bits per heavy atom. The average Bonchev–Trinajstić information content (AvgIpc) is 3.19. The molecule has 2 heterocycles. The zero-order valence-corrected chi connectivity index (χ0v) is 19.6. The second kappa shape index (κ2) is 9.67. The standard InChI is InChI=1S/C25H26N2O8/c1-25(24(31)26-13-16-6-4-5-7-18(16)33-3)14-34-20-17-9-8-15(23(29)30)12-19(17)35-21(20)22(28)27(25)10-11-32-2/h4-9,12H,10-11,13-14H2,1-3H3,(H,26,31)(H,29,30)/t25-/m1/s1. The Hall–Kier alpha value is -4.05. The van der Waals surface area contributed by atoms with Crippen LogP contribution in [0.15, 0.2) is 46.9 Å². The molecule has 2 amide bonds. The molecule has 1 aliphatic rings. The Labute approximate surface area is 201 Å². The summed E-state index contributed by atoms with van der Waals surface area (Å²) in [6.45, 7) is 1.94. The summed E-state index contributed by atoms with van der Waals surface area (Å²) in [5, 5.41) is 12.6. The number of nitrogens with zero attached hydrogens (tertiary/aromatic N) is 1. The highest BCUT2D eigenvalue weighted by atomic mass is 16.5. The molecule has 0 saturated heterocycles. The van der Waals surface area contributed by atoms with Crippen molar-refractivity contribution < 1.29 is 38.1 Å². The summed E-state index contributed by atoms with van der Waals surface area (Å²) in [6, 6.07) is 11.6. The van der Waals surface area contributed by atoms with Gasteiger partial charge in [-0.1, -0.05) is 18.2 Å². The Morgan fingerprint density at radius 2 is 1.97 bits per heavy atom. The van der Waals surface area contributed by atoms with Gasteiger partial charge in [0.2, 0.25) is 11.7 Å². The maximum atomic E-state index is 13.6. The Kier molecular flexibility index (Phi) is 6.65. The number of hydrogen-bond acceptors (Lipinski definition) is 7. The topological polar surface area (TPSA) is 128 Å². The van der Waals surface area contributed by atoms with Crippen LogP contribution in [-0.2, 0) is 16.1 Å². The van der Waals surface area contributed by atoms with Crippen LogP contribution >= 0.6 is 0 Å². The first kappa shape index (κ1) is 24.1. The molecule has 1 atom stereocenters. The van der Waals surface area contributed by atoms with Crippen molar-refractivity contribution in [3.05, 3.63) is 59.4 Å². The van der Waals surface area contributed by atoms with Crippen molar-refractivity contribution in [2.45, 2.75) is 19.0 Å². The minimum Gasteiger partial charge on any atom is -0.496 e. The van der Waals surface area contributed by atoms with Gasteiger partial charge in [0.15, 0.2) is 11.3 Å². The lowest BCUT2D eigenvalue weighted by Gasteiger charge is -2.37. The number of carbonyl (C=O) groups is 3. The Bertz CT molecular complexity index is 1280. The maximum Gasteiger partial charge on any atom is 0.335 e. The third-order valence-corrected chi connectivity index (χ3v) is 6.06. The normalized spacial score (nSPS) is 17.5. The van der Waals surface area contributed by atoms with Gasteiger partial charge in [-0.05, 0) is 31.2 Å². The van der Waals surface area contributed by atoms with Crippen molar-refractivity contribution in [1.29, 1.82) is 0 Å². The summed E-state index contributed by atoms with van der Waals surface area (Å²) in [7, 11) is 3.05. The SMILES string of the molecule is COCCN1C(=O)c2oc3cc(C(=O)O)ccc3c2OC[C@]1(C)C(=O)NCc1ccccc1OC. The summed E-state index contributed by atoms with van der Waals surface area (Å²) < 4.78 is 22.3. The highest BCUT2D eigenvalue weighted by Crippen LogP contribution is 2.38. The van der Waals surface area contributed by atoms with Crippen molar-refractivity contribution in [1.82, 2.24) is 10.2 Å². The number of furan rings is 1. The number of methoxy groups -OCH3 is 2. The van der Waals surface area contributed by atoms with Crippen LogP contribution in [0.1, 0.15) is 33.4 Å². The zero-order valence-electron chi connectivity index (χ0n) is 19.6. The maximum absolute atomic E-state index is 13.6. The smallest absolute Gasteiger partial charge is 0.335 e. The van der Waals surface area contributed by atoms with Crippen molar-refractivity contribution in [2.75, 3.05) is 34.0 Å². The molecule has 10 heteroatoms. The molecule has 35 heavy (non-hydrogen) atoms. The fraction of sp³-hybridized carbons (Fsp3) is 0.320. The molecule has 0 aliphatic carbocycles. The number of nitrogens with one attached hydrogen (secondary N) is 1. The van der Waals surface area contributed by atoms with Crippen LogP contribution in [-0.4, -0.2) is 67.3 Å². The molecule has 184 valence electrons. The van der Waals surface area contributed by atoms with Gasteiger partial charge < -0.3 is 34.0 Å². The van der Waals surface area contributed by atoms with Crippen molar-refractivity contribution in [2.24, 2.45) is 0 Å². The van der Waals surface area contributed by atoms with E-state index in [9.17, 15) is 19.5 Å². The van der Waals surface area contributed by atoms with Crippen LogP contribution in [0.5, 0.6) is 11.5 Å². The molecule has 0 fully saturated rings. The van der Waals surface area contributed by atoms with E-state index in [1.54, 1.807) is 20.1 Å². The molecule has 0 saturated carbocycles. The molecule has 0 bridgehead atoms. The second-order valence-corrected chi connectivity index (χ2v) is 8.28. The first-order valence-corrected chi connectivity index (χ1v) is 10.9. The predicted molar refractivity (Wildman–Crippen MR) is 125 cm³/mol. The van der Waals surface area contributed by atoms with E-state index in [-0.39, 0.29) is 49.0 Å². The van der Waals surface area contributed by atoms with Gasteiger partial charge in [0, 0.05) is 25.8 Å². The molecular weight excluding hydrogens is 456 g/mol. The van der Waals surface area contributed by atoms with Gasteiger partial charge in [-0.15, -0.1) is 0 Å². The summed E-state index contributed by atoms with van der Waals surface area (Å²) >= 11 is 0. The van der Waals surface area contributed by atoms with Crippen LogP contribution in [0.3, 0.4) is 0 Å². The summed E-state index contributed by atoms with van der Waals surface area (Å²) in [5.41, 5.74) is -0.375. The number of amides is 2. The van der Waals surface area contributed by atoms with E-state index in [0.29, 0.717) is 11.1 Å². The van der Waals surface area contributed by atoms with E-state index in [1.807, 2.05) is 18.2 Å². The minimum absolute atomic E-state index is 0.0191. The fourth-order valence-corrected chi connectivity index (χ4v) is 4.06. The molecule has 1 aromatic heterocycles. The number of hydrogen-bond donors (Lipinski definition) is 2. The number of carbonyl (C=O) groups excluding carboxylic acids is 2. The highest BCUT2D eigenvalue weighted by molar-refractivity contribution is 6.05. The van der Waals surface area contributed by atoms with Crippen LogP contribution in [0, 0.1) is 0 Å². The lowest BCUT2D eigenvalue weighted by atomic mass is 9.99. The van der Waals surface area contributed by atoms with Gasteiger partial charge >= 0.3 is 5.97 Å². The number of fused-ring (bicyclic) bond motifs is 3. The second-order valence-electron chi connectivity index (χ2n) is 8.28. The molecule has 3 aromatic rings. The lowest BCUT2D eigenvalue weighted by Crippen LogP contribution is -2.61. The van der Waals surface area contributed by atoms with Gasteiger partial charge in [0.25, 0.3) is 5.91 Å². The first-order chi connectivity index (χ1) is 16.8. The van der Waals surface area contributed by atoms with Crippen LogP contribution in [0.2, 0.25) is 0 Å². The minimum atomic E-state index is -1.38. The number of ether oxygens (including phenoxy) is 3. The third kappa shape index (κ3) is 4.40. The van der Waals surface area contributed by atoms with Gasteiger partial charge in [-0.25, -0.2) is 4.79 Å². The molecular formula is C25H26N2O8. The molecule has 10 nitrogen and oxygen atoms in total. The van der Waals surface area contributed by atoms with Crippen molar-refractivity contribution >= 4 is 28.8 Å². The number of carboxylic acid groups (broad SMARTS) is 1.